The van der Waals surface area contributed by atoms with Crippen LogP contribution in [0.25, 0.3) is 0 Å². The Bertz CT molecular complexity index is 735. The van der Waals surface area contributed by atoms with E-state index in [-0.39, 0.29) is 19.5 Å². The zero-order valence-electron chi connectivity index (χ0n) is 15.9. The monoisotopic (exact) mass is 416 g/mol. The first-order chi connectivity index (χ1) is 13.3. The number of hydrogen-bond acceptors (Lipinski definition) is 5. The first kappa shape index (κ1) is 22.4. The van der Waals surface area contributed by atoms with Crippen molar-refractivity contribution in [2.45, 2.75) is 24.1 Å². The van der Waals surface area contributed by atoms with Gasteiger partial charge < -0.3 is 18.9 Å². The lowest BCUT2D eigenvalue weighted by atomic mass is 10.2. The van der Waals surface area contributed by atoms with E-state index in [0.717, 1.165) is 28.3 Å². The maximum absolute atomic E-state index is 12.6. The summed E-state index contributed by atoms with van der Waals surface area (Å²) < 4.78 is 59.3. The molecule has 0 unspecified atom stereocenters. The van der Waals surface area contributed by atoms with Crippen LogP contribution in [0.5, 0.6) is 11.5 Å². The van der Waals surface area contributed by atoms with Gasteiger partial charge in [0.25, 0.3) is 0 Å². The predicted molar refractivity (Wildman–Crippen MR) is 102 cm³/mol. The van der Waals surface area contributed by atoms with Crippen molar-refractivity contribution >= 4 is 11.8 Å². The van der Waals surface area contributed by atoms with Crippen LogP contribution in [0.4, 0.5) is 13.2 Å². The lowest BCUT2D eigenvalue weighted by Gasteiger charge is -2.18. The molecule has 0 saturated heterocycles. The highest BCUT2D eigenvalue weighted by atomic mass is 32.2. The lowest BCUT2D eigenvalue weighted by molar-refractivity contribution is -0.137. The minimum atomic E-state index is -4.37. The molecule has 8 heteroatoms. The fourth-order valence-electron chi connectivity index (χ4n) is 2.37. The molecule has 0 heterocycles. The van der Waals surface area contributed by atoms with Crippen molar-refractivity contribution in [2.75, 3.05) is 33.4 Å². The second-order valence-electron chi connectivity index (χ2n) is 5.97. The molecule has 2 aromatic carbocycles. The van der Waals surface area contributed by atoms with E-state index in [1.54, 1.807) is 18.9 Å². The summed E-state index contributed by atoms with van der Waals surface area (Å²) in [6.07, 6.45) is -4.66. The molecule has 0 spiro atoms. The van der Waals surface area contributed by atoms with Crippen LogP contribution in [0.2, 0.25) is 0 Å². The van der Waals surface area contributed by atoms with Crippen molar-refractivity contribution in [1.82, 2.24) is 0 Å². The van der Waals surface area contributed by atoms with Gasteiger partial charge in [-0.3, -0.25) is 0 Å². The Balaban J connectivity index is 1.92. The molecule has 154 valence electrons. The highest BCUT2D eigenvalue weighted by Crippen LogP contribution is 2.30. The van der Waals surface area contributed by atoms with Gasteiger partial charge in [-0.2, -0.15) is 13.2 Å². The Labute approximate surface area is 166 Å². The van der Waals surface area contributed by atoms with Crippen LogP contribution in [0.15, 0.2) is 47.4 Å². The summed E-state index contributed by atoms with van der Waals surface area (Å²) in [5.74, 6) is 1.77. The Kier molecular flexibility index (Phi) is 8.47. The fraction of sp³-hybridized carbons (Fsp3) is 0.400. The zero-order chi connectivity index (χ0) is 20.6. The normalized spacial score (nSPS) is 12.6. The van der Waals surface area contributed by atoms with E-state index in [0.29, 0.717) is 11.5 Å². The molecule has 1 atom stereocenters. The first-order valence-corrected chi connectivity index (χ1v) is 9.50. The predicted octanol–water partition coefficient (Wildman–Crippen LogP) is 5.18. The molecule has 4 nitrogen and oxygen atoms in total. The number of ether oxygens (including phenoxy) is 4. The smallest absolute Gasteiger partial charge is 0.416 e. The molecule has 0 N–H and O–H groups in total. The van der Waals surface area contributed by atoms with E-state index in [9.17, 15) is 13.2 Å². The first-order valence-electron chi connectivity index (χ1n) is 8.51. The number of benzene rings is 2. The van der Waals surface area contributed by atoms with Gasteiger partial charge in [-0.05, 0) is 55.0 Å². The largest absolute Gasteiger partial charge is 0.496 e. The van der Waals surface area contributed by atoms with E-state index in [1.165, 1.54) is 19.2 Å². The van der Waals surface area contributed by atoms with Gasteiger partial charge in [-0.15, -0.1) is 11.8 Å². The Hall–Kier alpha value is -1.90. The number of thioether (sulfide) groups is 1. The minimum Gasteiger partial charge on any atom is -0.496 e. The number of aryl methyl sites for hydroxylation is 1. The average Bonchev–Trinajstić information content (AvgIpc) is 2.67. The molecule has 0 bridgehead atoms. The minimum absolute atomic E-state index is 0.100. The second kappa shape index (κ2) is 10.6. The average molecular weight is 416 g/mol. The van der Waals surface area contributed by atoms with E-state index >= 15 is 0 Å². The maximum atomic E-state index is 12.6. The van der Waals surface area contributed by atoms with Crippen molar-refractivity contribution in [1.29, 1.82) is 0 Å². The van der Waals surface area contributed by atoms with E-state index in [4.69, 9.17) is 18.9 Å². The SMILES string of the molecule is COCO[C@@H](COc1ccc(C(F)(F)F)cc1)CSc1ccc(OC)c(C)c1. The van der Waals surface area contributed by atoms with Gasteiger partial charge >= 0.3 is 6.18 Å². The standard InChI is InChI=1S/C20H23F3O4S/c1-14-10-18(8-9-19(14)25-3)28-12-17(27-13-24-2)11-26-16-6-4-15(5-7-16)20(21,22)23/h4-10,17H,11-13H2,1-3H3/t17-/m0/s1. The van der Waals surface area contributed by atoms with E-state index < -0.39 is 11.7 Å². The van der Waals surface area contributed by atoms with Gasteiger partial charge in [0, 0.05) is 17.8 Å². The van der Waals surface area contributed by atoms with Gasteiger partial charge in [-0.1, -0.05) is 0 Å². The number of methoxy groups -OCH3 is 2. The molecular weight excluding hydrogens is 393 g/mol. The molecule has 0 aromatic heterocycles. The van der Waals surface area contributed by atoms with Gasteiger partial charge in [0.1, 0.15) is 31.0 Å². The van der Waals surface area contributed by atoms with Crippen LogP contribution in [0, 0.1) is 6.92 Å². The molecule has 0 amide bonds. The quantitative estimate of drug-likeness (QED) is 0.394. The van der Waals surface area contributed by atoms with Crippen LogP contribution < -0.4 is 9.47 Å². The Morgan fingerprint density at radius 1 is 1.04 bits per heavy atom. The maximum Gasteiger partial charge on any atom is 0.416 e. The summed E-state index contributed by atoms with van der Waals surface area (Å²) in [7, 11) is 3.15. The van der Waals surface area contributed by atoms with E-state index in [2.05, 4.69) is 0 Å². The number of rotatable bonds is 10. The molecule has 2 aromatic rings. The zero-order valence-corrected chi connectivity index (χ0v) is 16.7. The molecule has 0 radical (unpaired) electrons. The number of halogens is 3. The molecule has 0 saturated carbocycles. The fourth-order valence-corrected chi connectivity index (χ4v) is 3.36. The Morgan fingerprint density at radius 3 is 2.32 bits per heavy atom. The summed E-state index contributed by atoms with van der Waals surface area (Å²) in [4.78, 5) is 1.05. The third-order valence-corrected chi connectivity index (χ3v) is 4.97. The molecule has 0 fully saturated rings. The van der Waals surface area contributed by atoms with Gasteiger partial charge in [-0.25, -0.2) is 0 Å². The summed E-state index contributed by atoms with van der Waals surface area (Å²) in [6, 6.07) is 10.5. The van der Waals surface area contributed by atoms with Crippen LogP contribution in [-0.4, -0.2) is 39.5 Å². The molecule has 0 aliphatic carbocycles. The number of hydrogen-bond donors (Lipinski definition) is 0. The van der Waals surface area contributed by atoms with E-state index in [1.807, 2.05) is 25.1 Å². The molecule has 28 heavy (non-hydrogen) atoms. The summed E-state index contributed by atoms with van der Waals surface area (Å²) in [5, 5.41) is 0. The molecule has 2 rings (SSSR count). The summed E-state index contributed by atoms with van der Waals surface area (Å²) in [5.41, 5.74) is 0.320. The van der Waals surface area contributed by atoms with Crippen molar-refractivity contribution in [3.8, 4) is 11.5 Å². The number of alkyl halides is 3. The highest BCUT2D eigenvalue weighted by Gasteiger charge is 2.30. The summed E-state index contributed by atoms with van der Waals surface area (Å²) >= 11 is 1.59. The van der Waals surface area contributed by atoms with Crippen molar-refractivity contribution < 1.29 is 32.1 Å². The van der Waals surface area contributed by atoms with Gasteiger partial charge in [0.05, 0.1) is 12.7 Å². The van der Waals surface area contributed by atoms with Gasteiger partial charge in [0.2, 0.25) is 0 Å². The highest BCUT2D eigenvalue weighted by molar-refractivity contribution is 7.99. The third-order valence-electron chi connectivity index (χ3n) is 3.84. The van der Waals surface area contributed by atoms with Crippen molar-refractivity contribution in [2.24, 2.45) is 0 Å². The molecular formula is C20H23F3O4S. The van der Waals surface area contributed by atoms with Crippen molar-refractivity contribution in [3.63, 3.8) is 0 Å². The van der Waals surface area contributed by atoms with Crippen LogP contribution >= 0.6 is 11.8 Å². The Morgan fingerprint density at radius 2 is 1.75 bits per heavy atom. The molecule has 0 aliphatic heterocycles. The van der Waals surface area contributed by atoms with Crippen LogP contribution in [-0.2, 0) is 15.7 Å². The molecule has 0 aliphatic rings. The second-order valence-corrected chi connectivity index (χ2v) is 7.06. The summed E-state index contributed by atoms with van der Waals surface area (Å²) in [6.45, 7) is 2.26. The van der Waals surface area contributed by atoms with Crippen LogP contribution in [0.1, 0.15) is 11.1 Å². The lowest BCUT2D eigenvalue weighted by Crippen LogP contribution is -2.25. The van der Waals surface area contributed by atoms with Gasteiger partial charge in [0.15, 0.2) is 0 Å². The topological polar surface area (TPSA) is 36.9 Å². The van der Waals surface area contributed by atoms with Crippen LogP contribution in [0.3, 0.4) is 0 Å². The third kappa shape index (κ3) is 6.92. The van der Waals surface area contributed by atoms with Crippen molar-refractivity contribution in [3.05, 3.63) is 53.6 Å².